The summed E-state index contributed by atoms with van der Waals surface area (Å²) < 4.78 is 0. The van der Waals surface area contributed by atoms with Crippen molar-refractivity contribution in [2.75, 3.05) is 19.7 Å². The standard InChI is InChI=1S/C16H25NOS/c1-4-14(3)12-17(5-2)13-16-10-9-15(19-16)8-6-7-11-18/h9-10,14,18H,4-5,7,11-13H2,1-3H3. The Bertz CT molecular complexity index is 416. The highest BCUT2D eigenvalue weighted by molar-refractivity contribution is 7.12. The van der Waals surface area contributed by atoms with E-state index < -0.39 is 0 Å². The van der Waals surface area contributed by atoms with Gasteiger partial charge in [-0.3, -0.25) is 4.90 Å². The molecule has 1 unspecified atom stereocenters. The molecule has 1 heterocycles. The van der Waals surface area contributed by atoms with Gasteiger partial charge in [-0.1, -0.05) is 39.0 Å². The highest BCUT2D eigenvalue weighted by Crippen LogP contribution is 2.18. The lowest BCUT2D eigenvalue weighted by atomic mass is 10.1. The Morgan fingerprint density at radius 1 is 1.37 bits per heavy atom. The van der Waals surface area contributed by atoms with Crippen LogP contribution in [0.2, 0.25) is 0 Å². The average Bonchev–Trinajstić information content (AvgIpc) is 2.85. The Balaban J connectivity index is 2.54. The van der Waals surface area contributed by atoms with Crippen molar-refractivity contribution < 1.29 is 5.11 Å². The number of thiophene rings is 1. The van der Waals surface area contributed by atoms with Crippen LogP contribution in [-0.4, -0.2) is 29.7 Å². The fourth-order valence-electron chi connectivity index (χ4n) is 1.83. The Kier molecular flexibility index (Phi) is 7.81. The van der Waals surface area contributed by atoms with Gasteiger partial charge in [0.15, 0.2) is 0 Å². The molecule has 0 aliphatic carbocycles. The molecule has 0 radical (unpaired) electrons. The summed E-state index contributed by atoms with van der Waals surface area (Å²) in [5.41, 5.74) is 0. The molecule has 0 saturated carbocycles. The third-order valence-electron chi connectivity index (χ3n) is 3.20. The summed E-state index contributed by atoms with van der Waals surface area (Å²) in [6, 6.07) is 4.26. The lowest BCUT2D eigenvalue weighted by Gasteiger charge is -2.22. The van der Waals surface area contributed by atoms with E-state index in [1.807, 2.05) is 0 Å². The van der Waals surface area contributed by atoms with Crippen molar-refractivity contribution in [1.29, 1.82) is 0 Å². The first kappa shape index (κ1) is 16.2. The average molecular weight is 279 g/mol. The van der Waals surface area contributed by atoms with Crippen LogP contribution in [0.5, 0.6) is 0 Å². The molecule has 1 atom stereocenters. The predicted molar refractivity (Wildman–Crippen MR) is 83.3 cm³/mol. The third-order valence-corrected chi connectivity index (χ3v) is 4.19. The molecule has 106 valence electrons. The quantitative estimate of drug-likeness (QED) is 0.774. The van der Waals surface area contributed by atoms with Gasteiger partial charge >= 0.3 is 0 Å². The summed E-state index contributed by atoms with van der Waals surface area (Å²) in [5.74, 6) is 6.82. The van der Waals surface area contributed by atoms with Crippen molar-refractivity contribution >= 4 is 11.3 Å². The highest BCUT2D eigenvalue weighted by atomic mass is 32.1. The SMILES string of the molecule is CCC(C)CN(CC)Cc1ccc(C#CCCO)s1. The van der Waals surface area contributed by atoms with Gasteiger partial charge in [0.1, 0.15) is 0 Å². The second-order valence-electron chi connectivity index (χ2n) is 4.88. The lowest BCUT2D eigenvalue weighted by Crippen LogP contribution is -2.27. The first-order valence-corrected chi connectivity index (χ1v) is 7.92. The molecule has 0 fully saturated rings. The molecule has 0 aliphatic rings. The summed E-state index contributed by atoms with van der Waals surface area (Å²) in [6.45, 7) is 10.2. The van der Waals surface area contributed by atoms with E-state index >= 15 is 0 Å². The Hall–Kier alpha value is -0.820. The van der Waals surface area contributed by atoms with Gasteiger partial charge in [0.05, 0.1) is 11.5 Å². The normalized spacial score (nSPS) is 12.3. The van der Waals surface area contributed by atoms with Crippen LogP contribution >= 0.6 is 11.3 Å². The van der Waals surface area contributed by atoms with Gasteiger partial charge in [0.25, 0.3) is 0 Å². The summed E-state index contributed by atoms with van der Waals surface area (Å²) in [7, 11) is 0. The monoisotopic (exact) mass is 279 g/mol. The molecule has 1 N–H and O–H groups in total. The Morgan fingerprint density at radius 3 is 2.79 bits per heavy atom. The van der Waals surface area contributed by atoms with Crippen LogP contribution in [0, 0.1) is 17.8 Å². The van der Waals surface area contributed by atoms with E-state index in [4.69, 9.17) is 5.11 Å². The molecule has 1 rings (SSSR count). The van der Waals surface area contributed by atoms with Crippen molar-refractivity contribution in [1.82, 2.24) is 4.90 Å². The zero-order valence-electron chi connectivity index (χ0n) is 12.3. The largest absolute Gasteiger partial charge is 0.395 e. The fourth-order valence-corrected chi connectivity index (χ4v) is 2.76. The van der Waals surface area contributed by atoms with E-state index in [1.165, 1.54) is 11.3 Å². The minimum absolute atomic E-state index is 0.143. The molecule has 3 heteroatoms. The number of aliphatic hydroxyl groups is 1. The van der Waals surface area contributed by atoms with Gasteiger partial charge in [-0.05, 0) is 24.6 Å². The van der Waals surface area contributed by atoms with E-state index in [2.05, 4.69) is 49.6 Å². The summed E-state index contributed by atoms with van der Waals surface area (Å²) in [5, 5.41) is 8.70. The van der Waals surface area contributed by atoms with Crippen LogP contribution in [-0.2, 0) is 6.54 Å². The van der Waals surface area contributed by atoms with E-state index in [-0.39, 0.29) is 6.61 Å². The molecule has 0 amide bonds. The van der Waals surface area contributed by atoms with Crippen molar-refractivity contribution in [3.05, 3.63) is 21.9 Å². The van der Waals surface area contributed by atoms with Gasteiger partial charge in [-0.15, -0.1) is 11.3 Å². The van der Waals surface area contributed by atoms with Crippen LogP contribution < -0.4 is 0 Å². The van der Waals surface area contributed by atoms with Gasteiger partial charge < -0.3 is 5.11 Å². The van der Waals surface area contributed by atoms with E-state index in [0.717, 1.165) is 30.4 Å². The second kappa shape index (κ2) is 9.14. The molecule has 19 heavy (non-hydrogen) atoms. The van der Waals surface area contributed by atoms with Crippen molar-refractivity contribution in [2.45, 2.75) is 40.2 Å². The van der Waals surface area contributed by atoms with Crippen molar-refractivity contribution in [3.63, 3.8) is 0 Å². The van der Waals surface area contributed by atoms with Crippen LogP contribution in [0.25, 0.3) is 0 Å². The number of nitrogens with zero attached hydrogens (tertiary/aromatic N) is 1. The number of hydrogen-bond donors (Lipinski definition) is 1. The third kappa shape index (κ3) is 6.24. The van der Waals surface area contributed by atoms with Crippen LogP contribution in [0.4, 0.5) is 0 Å². The number of aliphatic hydroxyl groups excluding tert-OH is 1. The minimum Gasteiger partial charge on any atom is -0.395 e. The molecule has 0 bridgehead atoms. The fraction of sp³-hybridized carbons (Fsp3) is 0.625. The number of rotatable bonds is 7. The Morgan fingerprint density at radius 2 is 2.16 bits per heavy atom. The minimum atomic E-state index is 0.143. The zero-order chi connectivity index (χ0) is 14.1. The van der Waals surface area contributed by atoms with Crippen LogP contribution in [0.1, 0.15) is 43.4 Å². The number of hydrogen-bond acceptors (Lipinski definition) is 3. The first-order chi connectivity index (χ1) is 9.19. The highest BCUT2D eigenvalue weighted by Gasteiger charge is 2.09. The van der Waals surface area contributed by atoms with Crippen molar-refractivity contribution in [3.8, 4) is 11.8 Å². The first-order valence-electron chi connectivity index (χ1n) is 7.10. The Labute approximate surface area is 121 Å². The van der Waals surface area contributed by atoms with Gasteiger partial charge in [-0.2, -0.15) is 0 Å². The molecule has 0 aromatic carbocycles. The van der Waals surface area contributed by atoms with E-state index in [1.54, 1.807) is 11.3 Å². The summed E-state index contributed by atoms with van der Waals surface area (Å²) in [4.78, 5) is 4.96. The topological polar surface area (TPSA) is 23.5 Å². The molecule has 0 aliphatic heterocycles. The maximum absolute atomic E-state index is 8.70. The van der Waals surface area contributed by atoms with Gasteiger partial charge in [0, 0.05) is 24.4 Å². The smallest absolute Gasteiger partial charge is 0.0771 e. The molecule has 1 aromatic heterocycles. The molecule has 0 saturated heterocycles. The van der Waals surface area contributed by atoms with E-state index in [0.29, 0.717) is 6.42 Å². The molecule has 2 nitrogen and oxygen atoms in total. The summed E-state index contributed by atoms with van der Waals surface area (Å²) >= 11 is 1.76. The molecule has 0 spiro atoms. The predicted octanol–water partition coefficient (Wildman–Crippen LogP) is 3.35. The molecular formula is C16H25NOS. The molecule has 1 aromatic rings. The molecular weight excluding hydrogens is 254 g/mol. The van der Waals surface area contributed by atoms with Gasteiger partial charge in [-0.25, -0.2) is 0 Å². The second-order valence-corrected chi connectivity index (χ2v) is 6.05. The van der Waals surface area contributed by atoms with Crippen molar-refractivity contribution in [2.24, 2.45) is 5.92 Å². The van der Waals surface area contributed by atoms with Crippen LogP contribution in [0.3, 0.4) is 0 Å². The van der Waals surface area contributed by atoms with E-state index in [9.17, 15) is 0 Å². The van der Waals surface area contributed by atoms with Gasteiger partial charge in [0.2, 0.25) is 0 Å². The zero-order valence-corrected chi connectivity index (χ0v) is 13.1. The maximum atomic E-state index is 8.70. The summed E-state index contributed by atoms with van der Waals surface area (Å²) in [6.07, 6.45) is 1.79. The lowest BCUT2D eigenvalue weighted by molar-refractivity contribution is 0.240. The van der Waals surface area contributed by atoms with Crippen LogP contribution in [0.15, 0.2) is 12.1 Å². The maximum Gasteiger partial charge on any atom is 0.0771 e.